The molecule has 0 unspecified atom stereocenters. The second-order valence-corrected chi connectivity index (χ2v) is 3.80. The molecule has 0 fully saturated rings. The number of aliphatic carboxylic acids is 1. The smallest absolute Gasteiger partial charge is 1.00 e. The Labute approximate surface area is 137 Å². The molecule has 0 aromatic heterocycles. The third-order valence-electron chi connectivity index (χ3n) is 1.32. The van der Waals surface area contributed by atoms with Crippen LogP contribution in [0.25, 0.3) is 0 Å². The molecule has 0 aliphatic rings. The number of ether oxygens (including phenoxy) is 1. The van der Waals surface area contributed by atoms with E-state index < -0.39 is 18.4 Å². The Hall–Kier alpha value is 0.900. The van der Waals surface area contributed by atoms with Gasteiger partial charge in [-0.05, 0) is 0 Å². The van der Waals surface area contributed by atoms with E-state index in [0.29, 0.717) is 11.0 Å². The van der Waals surface area contributed by atoms with E-state index in [4.69, 9.17) is 9.84 Å². The van der Waals surface area contributed by atoms with Crippen LogP contribution in [0.15, 0.2) is 0 Å². The van der Waals surface area contributed by atoms with Crippen LogP contribution < -0.4 is 59.1 Å². The molecule has 0 atom stereocenters. The van der Waals surface area contributed by atoms with Gasteiger partial charge in [-0.1, -0.05) is 0 Å². The van der Waals surface area contributed by atoms with Gasteiger partial charge in [0.1, 0.15) is 19.6 Å². The molecule has 5 nitrogen and oxygen atoms in total. The van der Waals surface area contributed by atoms with E-state index in [9.17, 15) is 9.59 Å². The van der Waals surface area contributed by atoms with Gasteiger partial charge in [-0.3, -0.25) is 9.59 Å². The number of quaternary nitrogens is 1. The first-order valence-corrected chi connectivity index (χ1v) is 3.99. The van der Waals surface area contributed by atoms with E-state index in [1.54, 1.807) is 0 Å². The molecule has 0 amide bonds. The molecule has 0 saturated carbocycles. The fourth-order valence-corrected chi connectivity index (χ4v) is 0.608. The summed E-state index contributed by atoms with van der Waals surface area (Å²) in [5.41, 5.74) is 0. The number of hydrogen-bond donors (Lipinski definition) is 1. The van der Waals surface area contributed by atoms with Crippen LogP contribution in [0.1, 0.15) is 9.27 Å². The second-order valence-electron chi connectivity index (χ2n) is 3.80. The summed E-state index contributed by atoms with van der Waals surface area (Å²) in [6, 6.07) is 0. The molecule has 15 heavy (non-hydrogen) atoms. The molecule has 0 rings (SSSR count). The maximum absolute atomic E-state index is 10.7. The number of carboxylic acid groups (broad SMARTS) is 1. The van der Waals surface area contributed by atoms with E-state index in [-0.39, 0.29) is 68.6 Å². The van der Waals surface area contributed by atoms with E-state index in [0.717, 1.165) is 0 Å². The number of rotatable bonds is 5. The zero-order valence-corrected chi connectivity index (χ0v) is 14.2. The topological polar surface area (TPSA) is 63.6 Å². The molecule has 0 spiro atoms. The van der Waals surface area contributed by atoms with Gasteiger partial charge in [0.05, 0.1) is 21.1 Å². The predicted molar refractivity (Wildman–Crippen MR) is 48.3 cm³/mol. The van der Waals surface area contributed by atoms with Crippen molar-refractivity contribution in [1.29, 1.82) is 0 Å². The summed E-state index contributed by atoms with van der Waals surface area (Å²) in [5.74, 6) is -1.84. The number of carboxylic acids is 1. The second kappa shape index (κ2) is 10.1. The number of carbonyl (C=O) groups excluding carboxylic acids is 1. The van der Waals surface area contributed by atoms with Crippen molar-refractivity contribution in [3.8, 4) is 0 Å². The summed E-state index contributed by atoms with van der Waals surface area (Å²) < 4.78 is 5.37. The first-order valence-electron chi connectivity index (χ1n) is 3.99. The SMILES string of the molecule is C[N+](C)(C)CCOC(=O)CC(=O)O.[H-].[H-].[Na+].[Na+]. The minimum absolute atomic E-state index is 0. The van der Waals surface area contributed by atoms with Gasteiger partial charge in [0.25, 0.3) is 0 Å². The fourth-order valence-electron chi connectivity index (χ4n) is 0.608. The first-order chi connectivity index (χ1) is 5.81. The molecule has 0 heterocycles. The summed E-state index contributed by atoms with van der Waals surface area (Å²) >= 11 is 0. The number of esters is 1. The molecule has 0 aliphatic carbocycles. The van der Waals surface area contributed by atoms with Crippen molar-refractivity contribution in [2.75, 3.05) is 34.3 Å². The molecule has 0 saturated heterocycles. The Balaban J connectivity index is -0.000000120. The molecule has 1 N–H and O–H groups in total. The van der Waals surface area contributed by atoms with Gasteiger partial charge in [0, 0.05) is 0 Å². The number of likely N-dealkylation sites (N-methyl/N-ethyl adjacent to an activating group) is 1. The number of hydrogen-bond acceptors (Lipinski definition) is 3. The van der Waals surface area contributed by atoms with Gasteiger partial charge in [-0.25, -0.2) is 0 Å². The first kappa shape index (κ1) is 21.2. The van der Waals surface area contributed by atoms with Gasteiger partial charge in [0.15, 0.2) is 0 Å². The zero-order chi connectivity index (χ0) is 10.5. The summed E-state index contributed by atoms with van der Waals surface area (Å²) in [6.45, 7) is 0.932. The van der Waals surface area contributed by atoms with Crippen molar-refractivity contribution in [2.24, 2.45) is 0 Å². The van der Waals surface area contributed by atoms with Crippen LogP contribution >= 0.6 is 0 Å². The van der Waals surface area contributed by atoms with Crippen molar-refractivity contribution >= 4 is 11.9 Å². The molecule has 0 aromatic carbocycles. The average Bonchev–Trinajstić information content (AvgIpc) is 1.81. The predicted octanol–water partition coefficient (Wildman–Crippen LogP) is -6.06. The van der Waals surface area contributed by atoms with Gasteiger partial charge in [0.2, 0.25) is 0 Å². The standard InChI is InChI=1S/C8H15NO4.2Na.2H/c1-9(2,3)4-5-13-8(12)6-7(10)11;;;;/h4-6H2,1-3H3;;;;/q;2*+1;2*-1/p+1. The molecular weight excluding hydrogens is 220 g/mol. The summed E-state index contributed by atoms with van der Waals surface area (Å²) in [4.78, 5) is 20.8. The Morgan fingerprint density at radius 1 is 1.27 bits per heavy atom. The van der Waals surface area contributed by atoms with E-state index >= 15 is 0 Å². The summed E-state index contributed by atoms with van der Waals surface area (Å²) in [7, 11) is 5.89. The third-order valence-corrected chi connectivity index (χ3v) is 1.32. The van der Waals surface area contributed by atoms with Gasteiger partial charge in [-0.15, -0.1) is 0 Å². The average molecular weight is 238 g/mol. The van der Waals surface area contributed by atoms with Crippen molar-refractivity contribution in [2.45, 2.75) is 6.42 Å². The largest absolute Gasteiger partial charge is 1.00 e. The van der Waals surface area contributed by atoms with Gasteiger partial charge >= 0.3 is 71.1 Å². The normalized spacial score (nSPS) is 9.53. The van der Waals surface area contributed by atoms with Crippen molar-refractivity contribution in [3.63, 3.8) is 0 Å². The Morgan fingerprint density at radius 3 is 2.07 bits per heavy atom. The van der Waals surface area contributed by atoms with Crippen LogP contribution in [-0.4, -0.2) is 55.8 Å². The van der Waals surface area contributed by atoms with Crippen LogP contribution in [0.5, 0.6) is 0 Å². The quantitative estimate of drug-likeness (QED) is 0.224. The zero-order valence-electron chi connectivity index (χ0n) is 12.2. The number of nitrogens with zero attached hydrogens (tertiary/aromatic N) is 1. The molecule has 0 radical (unpaired) electrons. The van der Waals surface area contributed by atoms with Gasteiger partial charge in [-0.2, -0.15) is 0 Å². The van der Waals surface area contributed by atoms with Crippen LogP contribution in [0, 0.1) is 0 Å². The van der Waals surface area contributed by atoms with Crippen molar-refractivity contribution in [3.05, 3.63) is 0 Å². The van der Waals surface area contributed by atoms with Crippen LogP contribution in [0.3, 0.4) is 0 Å². The van der Waals surface area contributed by atoms with E-state index in [1.165, 1.54) is 0 Å². The van der Waals surface area contributed by atoms with Crippen molar-refractivity contribution < 1.29 is 85.9 Å². The maximum Gasteiger partial charge on any atom is 1.00 e. The molecule has 0 bridgehead atoms. The molecule has 80 valence electrons. The Kier molecular flexibility index (Phi) is 14.3. The van der Waals surface area contributed by atoms with Crippen LogP contribution in [0.2, 0.25) is 0 Å². The maximum atomic E-state index is 10.7. The minimum Gasteiger partial charge on any atom is -1.00 e. The van der Waals surface area contributed by atoms with Gasteiger partial charge < -0.3 is 17.2 Å². The Bertz CT molecular complexity index is 212. The molecule has 0 aliphatic heterocycles. The third kappa shape index (κ3) is 17.5. The monoisotopic (exact) mass is 238 g/mol. The summed E-state index contributed by atoms with van der Waals surface area (Å²) in [6.07, 6.45) is -0.558. The van der Waals surface area contributed by atoms with Crippen molar-refractivity contribution in [1.82, 2.24) is 0 Å². The molecular formula is C8H18NNa2O4+. The Morgan fingerprint density at radius 2 is 1.73 bits per heavy atom. The van der Waals surface area contributed by atoms with Crippen LogP contribution in [0.4, 0.5) is 0 Å². The fraction of sp³-hybridized carbons (Fsp3) is 0.750. The van der Waals surface area contributed by atoms with E-state index in [1.807, 2.05) is 21.1 Å². The van der Waals surface area contributed by atoms with E-state index in [2.05, 4.69) is 0 Å². The molecule has 0 aromatic rings. The summed E-state index contributed by atoms with van der Waals surface area (Å²) in [5, 5.41) is 8.24. The number of carbonyl (C=O) groups is 2. The van der Waals surface area contributed by atoms with Crippen LogP contribution in [-0.2, 0) is 14.3 Å². The molecule has 7 heteroatoms. The minimum atomic E-state index is -1.16.